The molecule has 2 aromatic heterocycles. The number of rotatable bonds is 2. The van der Waals surface area contributed by atoms with Gasteiger partial charge in [0.15, 0.2) is 0 Å². The topological polar surface area (TPSA) is 67.9 Å². The predicted octanol–water partition coefficient (Wildman–Crippen LogP) is 1.26. The number of nitrogens with zero attached hydrogens (tertiary/aromatic N) is 2. The van der Waals surface area contributed by atoms with Gasteiger partial charge >= 0.3 is 5.97 Å². The van der Waals surface area contributed by atoms with E-state index >= 15 is 0 Å². The maximum absolute atomic E-state index is 11.2. The van der Waals surface area contributed by atoms with Crippen molar-refractivity contribution in [3.05, 3.63) is 36.3 Å². The number of aromatic nitrogens is 3. The first-order valence-electron chi connectivity index (χ1n) is 4.34. The molecule has 2 rings (SSSR count). The van der Waals surface area contributed by atoms with Gasteiger partial charge in [0.2, 0.25) is 0 Å². The van der Waals surface area contributed by atoms with Crippen LogP contribution in [0.1, 0.15) is 10.4 Å². The largest absolute Gasteiger partial charge is 0.465 e. The number of aromatic amines is 1. The van der Waals surface area contributed by atoms with E-state index in [0.29, 0.717) is 5.56 Å². The maximum atomic E-state index is 11.2. The molecule has 0 spiro atoms. The minimum atomic E-state index is -0.399. The Morgan fingerprint density at radius 2 is 2.33 bits per heavy atom. The number of carbonyl (C=O) groups excluding carboxylic acids is 1. The summed E-state index contributed by atoms with van der Waals surface area (Å²) in [7, 11) is 1.34. The average molecular weight is 203 g/mol. The second kappa shape index (κ2) is 3.91. The van der Waals surface area contributed by atoms with Gasteiger partial charge in [0.1, 0.15) is 0 Å². The third kappa shape index (κ3) is 1.85. The SMILES string of the molecule is COC(=O)c1cncc(-c2ccn[nH]2)c1. The summed E-state index contributed by atoms with van der Waals surface area (Å²) in [5.41, 5.74) is 2.04. The van der Waals surface area contributed by atoms with Gasteiger partial charge in [0.25, 0.3) is 0 Å². The zero-order valence-electron chi connectivity index (χ0n) is 8.10. The molecule has 5 nitrogen and oxygen atoms in total. The van der Waals surface area contributed by atoms with Gasteiger partial charge in [-0.15, -0.1) is 0 Å². The lowest BCUT2D eigenvalue weighted by Crippen LogP contribution is -2.01. The monoisotopic (exact) mass is 203 g/mol. The Balaban J connectivity index is 2.39. The number of methoxy groups -OCH3 is 1. The zero-order chi connectivity index (χ0) is 10.7. The second-order valence-electron chi connectivity index (χ2n) is 2.92. The van der Waals surface area contributed by atoms with Crippen LogP contribution in [0.4, 0.5) is 0 Å². The van der Waals surface area contributed by atoms with Crippen molar-refractivity contribution in [3.8, 4) is 11.3 Å². The molecule has 0 saturated heterocycles. The van der Waals surface area contributed by atoms with E-state index < -0.39 is 5.97 Å². The van der Waals surface area contributed by atoms with Gasteiger partial charge in [-0.25, -0.2) is 4.79 Å². The molecule has 15 heavy (non-hydrogen) atoms. The molecule has 2 aromatic rings. The van der Waals surface area contributed by atoms with Crippen LogP contribution in [0.2, 0.25) is 0 Å². The molecule has 0 bridgehead atoms. The predicted molar refractivity (Wildman–Crippen MR) is 53.2 cm³/mol. The summed E-state index contributed by atoms with van der Waals surface area (Å²) in [5, 5.41) is 6.62. The first kappa shape index (κ1) is 9.39. The smallest absolute Gasteiger partial charge is 0.339 e. The van der Waals surface area contributed by atoms with Gasteiger partial charge in [0, 0.05) is 24.2 Å². The summed E-state index contributed by atoms with van der Waals surface area (Å²) in [4.78, 5) is 15.2. The van der Waals surface area contributed by atoms with Crippen LogP contribution in [0, 0.1) is 0 Å². The first-order valence-corrected chi connectivity index (χ1v) is 4.34. The first-order chi connectivity index (χ1) is 7.31. The van der Waals surface area contributed by atoms with E-state index in [1.165, 1.54) is 13.3 Å². The molecule has 0 atom stereocenters. The lowest BCUT2D eigenvalue weighted by atomic mass is 10.1. The second-order valence-corrected chi connectivity index (χ2v) is 2.92. The molecule has 0 aliphatic carbocycles. The van der Waals surface area contributed by atoms with E-state index in [1.807, 2.05) is 0 Å². The Hall–Kier alpha value is -2.17. The Labute approximate surface area is 86.1 Å². The molecular formula is C10H9N3O2. The van der Waals surface area contributed by atoms with Crippen LogP contribution in [-0.2, 0) is 4.74 Å². The van der Waals surface area contributed by atoms with Gasteiger partial charge in [-0.1, -0.05) is 0 Å². The van der Waals surface area contributed by atoms with Crippen LogP contribution in [0.3, 0.4) is 0 Å². The highest BCUT2D eigenvalue weighted by Gasteiger charge is 2.07. The molecule has 0 amide bonds. The van der Waals surface area contributed by atoms with Gasteiger partial charge < -0.3 is 4.74 Å². The summed E-state index contributed by atoms with van der Waals surface area (Å²) in [6.45, 7) is 0. The maximum Gasteiger partial charge on any atom is 0.339 e. The Morgan fingerprint density at radius 1 is 1.47 bits per heavy atom. The van der Waals surface area contributed by atoms with Gasteiger partial charge in [-0.3, -0.25) is 10.1 Å². The third-order valence-corrected chi connectivity index (χ3v) is 1.97. The van der Waals surface area contributed by atoms with E-state index in [0.717, 1.165) is 11.3 Å². The van der Waals surface area contributed by atoms with Crippen LogP contribution in [0.15, 0.2) is 30.7 Å². The van der Waals surface area contributed by atoms with Crippen molar-refractivity contribution in [2.45, 2.75) is 0 Å². The van der Waals surface area contributed by atoms with E-state index in [1.54, 1.807) is 24.5 Å². The van der Waals surface area contributed by atoms with Gasteiger partial charge in [0.05, 0.1) is 18.4 Å². The minimum absolute atomic E-state index is 0.399. The zero-order valence-corrected chi connectivity index (χ0v) is 8.10. The highest BCUT2D eigenvalue weighted by Crippen LogP contribution is 2.16. The number of pyridine rings is 1. The number of hydrogen-bond donors (Lipinski definition) is 1. The van der Waals surface area contributed by atoms with E-state index in [-0.39, 0.29) is 0 Å². The van der Waals surface area contributed by atoms with E-state index in [4.69, 9.17) is 0 Å². The van der Waals surface area contributed by atoms with Crippen molar-refractivity contribution in [1.82, 2.24) is 15.2 Å². The summed E-state index contributed by atoms with van der Waals surface area (Å²) >= 11 is 0. The quantitative estimate of drug-likeness (QED) is 0.746. The number of carbonyl (C=O) groups is 1. The Kier molecular flexibility index (Phi) is 2.45. The van der Waals surface area contributed by atoms with Crippen molar-refractivity contribution >= 4 is 5.97 Å². The third-order valence-electron chi connectivity index (χ3n) is 1.97. The molecule has 0 saturated carbocycles. The van der Waals surface area contributed by atoms with Crippen LogP contribution < -0.4 is 0 Å². The molecule has 0 fully saturated rings. The number of esters is 1. The van der Waals surface area contributed by atoms with Crippen molar-refractivity contribution in [1.29, 1.82) is 0 Å². The Morgan fingerprint density at radius 3 is 3.00 bits per heavy atom. The van der Waals surface area contributed by atoms with Crippen LogP contribution in [-0.4, -0.2) is 28.3 Å². The van der Waals surface area contributed by atoms with Crippen LogP contribution in [0.5, 0.6) is 0 Å². The van der Waals surface area contributed by atoms with Crippen molar-refractivity contribution in [2.24, 2.45) is 0 Å². The molecule has 0 radical (unpaired) electrons. The number of ether oxygens (including phenoxy) is 1. The van der Waals surface area contributed by atoms with Gasteiger partial charge in [-0.05, 0) is 12.1 Å². The highest BCUT2D eigenvalue weighted by molar-refractivity contribution is 5.90. The highest BCUT2D eigenvalue weighted by atomic mass is 16.5. The van der Waals surface area contributed by atoms with Crippen LogP contribution in [0.25, 0.3) is 11.3 Å². The lowest BCUT2D eigenvalue weighted by molar-refractivity contribution is 0.0600. The van der Waals surface area contributed by atoms with Crippen LogP contribution >= 0.6 is 0 Å². The lowest BCUT2D eigenvalue weighted by Gasteiger charge is -2.00. The fraction of sp³-hybridized carbons (Fsp3) is 0.100. The number of nitrogens with one attached hydrogen (secondary N) is 1. The van der Waals surface area contributed by atoms with Crippen molar-refractivity contribution in [3.63, 3.8) is 0 Å². The average Bonchev–Trinajstić information content (AvgIpc) is 2.82. The molecule has 1 N–H and O–H groups in total. The summed E-state index contributed by atoms with van der Waals surface area (Å²) in [6.07, 6.45) is 4.76. The van der Waals surface area contributed by atoms with Crippen molar-refractivity contribution < 1.29 is 9.53 Å². The normalized spacial score (nSPS) is 9.93. The molecule has 2 heterocycles. The minimum Gasteiger partial charge on any atom is -0.465 e. The summed E-state index contributed by atoms with van der Waals surface area (Å²) in [6, 6.07) is 3.50. The molecule has 0 aromatic carbocycles. The molecule has 0 aliphatic rings. The molecular weight excluding hydrogens is 194 g/mol. The molecule has 0 aliphatic heterocycles. The molecule has 0 unspecified atom stereocenters. The Bertz CT molecular complexity index is 465. The fourth-order valence-corrected chi connectivity index (χ4v) is 1.23. The fourth-order valence-electron chi connectivity index (χ4n) is 1.23. The van der Waals surface area contributed by atoms with Crippen molar-refractivity contribution in [2.75, 3.05) is 7.11 Å². The number of hydrogen-bond acceptors (Lipinski definition) is 4. The van der Waals surface area contributed by atoms with E-state index in [2.05, 4.69) is 19.9 Å². The number of H-pyrrole nitrogens is 1. The standard InChI is InChI=1S/C10H9N3O2/c1-15-10(14)8-4-7(5-11-6-8)9-2-3-12-13-9/h2-6H,1H3,(H,12,13). The summed E-state index contributed by atoms with van der Waals surface area (Å²) < 4.78 is 4.60. The summed E-state index contributed by atoms with van der Waals surface area (Å²) in [5.74, 6) is -0.399. The van der Waals surface area contributed by atoms with Gasteiger partial charge in [-0.2, -0.15) is 5.10 Å². The van der Waals surface area contributed by atoms with E-state index in [9.17, 15) is 4.79 Å². The molecule has 76 valence electrons. The molecule has 5 heteroatoms.